The number of fused-ring (bicyclic) bond motifs is 1. The predicted molar refractivity (Wildman–Crippen MR) is 120 cm³/mol. The van der Waals surface area contributed by atoms with Gasteiger partial charge in [0.15, 0.2) is 0 Å². The van der Waals surface area contributed by atoms with Crippen molar-refractivity contribution < 1.29 is 14.3 Å². The quantitative estimate of drug-likeness (QED) is 0.621. The summed E-state index contributed by atoms with van der Waals surface area (Å²) < 4.78 is 11.2. The third-order valence-electron chi connectivity index (χ3n) is 6.26. The molecular formula is C25H29N3O3. The largest absolute Gasteiger partial charge is 0.495 e. The molecule has 0 aliphatic carbocycles. The van der Waals surface area contributed by atoms with Gasteiger partial charge < -0.3 is 14.4 Å². The van der Waals surface area contributed by atoms with E-state index < -0.39 is 0 Å². The van der Waals surface area contributed by atoms with Crippen LogP contribution in [-0.2, 0) is 11.2 Å². The second-order valence-corrected chi connectivity index (χ2v) is 8.25. The molecule has 0 N–H and O–H groups in total. The fraction of sp³-hybridized carbons (Fsp3) is 0.440. The first-order chi connectivity index (χ1) is 15.1. The van der Waals surface area contributed by atoms with E-state index in [9.17, 15) is 10.1 Å². The summed E-state index contributed by atoms with van der Waals surface area (Å²) in [7, 11) is 1.53. The molecule has 0 saturated carbocycles. The minimum absolute atomic E-state index is 0.0231. The molecule has 4 rings (SSSR count). The van der Waals surface area contributed by atoms with Crippen LogP contribution in [0, 0.1) is 11.3 Å². The van der Waals surface area contributed by atoms with E-state index in [-0.39, 0.29) is 5.91 Å². The van der Waals surface area contributed by atoms with Gasteiger partial charge in [-0.2, -0.15) is 5.26 Å². The van der Waals surface area contributed by atoms with Crippen molar-refractivity contribution in [2.75, 3.05) is 31.7 Å². The maximum Gasteiger partial charge on any atom is 0.231 e. The molecular weight excluding hydrogens is 390 g/mol. The summed E-state index contributed by atoms with van der Waals surface area (Å²) in [5, 5.41) is 9.40. The molecule has 1 saturated heterocycles. The van der Waals surface area contributed by atoms with E-state index in [0.29, 0.717) is 42.5 Å². The summed E-state index contributed by atoms with van der Waals surface area (Å²) in [5.41, 5.74) is 3.02. The number of hydrogen-bond donors (Lipinski definition) is 0. The first kappa shape index (κ1) is 21.2. The molecule has 2 aliphatic rings. The Balaban J connectivity index is 1.46. The highest BCUT2D eigenvalue weighted by Gasteiger charge is 2.26. The topological polar surface area (TPSA) is 65.8 Å². The molecule has 1 fully saturated rings. The number of carbonyl (C=O) groups excluding carboxylic acids is 1. The molecule has 2 aliphatic heterocycles. The Kier molecular flexibility index (Phi) is 6.43. The van der Waals surface area contributed by atoms with E-state index in [4.69, 9.17) is 9.47 Å². The van der Waals surface area contributed by atoms with Gasteiger partial charge in [0.2, 0.25) is 5.91 Å². The molecule has 1 atom stereocenters. The van der Waals surface area contributed by atoms with E-state index in [1.165, 1.54) is 26.5 Å². The first-order valence-corrected chi connectivity index (χ1v) is 11.0. The third-order valence-corrected chi connectivity index (χ3v) is 6.26. The number of likely N-dealkylation sites (tertiary alicyclic amines) is 1. The number of nitrogens with zero attached hydrogens (tertiary/aromatic N) is 3. The Morgan fingerprint density at radius 2 is 2.06 bits per heavy atom. The van der Waals surface area contributed by atoms with E-state index >= 15 is 0 Å². The maximum atomic E-state index is 12.7. The average Bonchev–Trinajstić information content (AvgIpc) is 3.20. The van der Waals surface area contributed by atoms with Gasteiger partial charge in [-0.05, 0) is 81.1 Å². The van der Waals surface area contributed by atoms with Crippen LogP contribution in [0.25, 0.3) is 0 Å². The lowest BCUT2D eigenvalue weighted by Crippen LogP contribution is -2.30. The molecule has 2 aromatic rings. The smallest absolute Gasteiger partial charge is 0.231 e. The number of hydrogen-bond acceptors (Lipinski definition) is 5. The van der Waals surface area contributed by atoms with Crippen molar-refractivity contribution in [1.29, 1.82) is 5.26 Å². The minimum Gasteiger partial charge on any atom is -0.495 e. The maximum absolute atomic E-state index is 12.7. The second kappa shape index (κ2) is 9.40. The summed E-state index contributed by atoms with van der Waals surface area (Å²) >= 11 is 0. The van der Waals surface area contributed by atoms with Crippen LogP contribution in [0.4, 0.5) is 11.4 Å². The molecule has 1 amide bonds. The molecule has 31 heavy (non-hydrogen) atoms. The number of anilines is 2. The van der Waals surface area contributed by atoms with Crippen LogP contribution in [0.3, 0.4) is 0 Å². The number of benzene rings is 2. The van der Waals surface area contributed by atoms with Crippen LogP contribution < -0.4 is 14.4 Å². The third kappa shape index (κ3) is 4.52. The van der Waals surface area contributed by atoms with E-state index in [2.05, 4.69) is 17.9 Å². The minimum atomic E-state index is 0.0231. The Labute approximate surface area is 184 Å². The van der Waals surface area contributed by atoms with Gasteiger partial charge in [-0.15, -0.1) is 0 Å². The first-order valence-electron chi connectivity index (χ1n) is 11.0. The number of rotatable bonds is 7. The monoisotopic (exact) mass is 419 g/mol. The fourth-order valence-corrected chi connectivity index (χ4v) is 4.55. The van der Waals surface area contributed by atoms with E-state index in [1.807, 2.05) is 24.3 Å². The van der Waals surface area contributed by atoms with Gasteiger partial charge in [-0.1, -0.05) is 0 Å². The van der Waals surface area contributed by atoms with Crippen molar-refractivity contribution in [2.24, 2.45) is 0 Å². The molecule has 0 radical (unpaired) electrons. The Bertz CT molecular complexity index is 998. The molecule has 162 valence electrons. The number of amides is 1. The van der Waals surface area contributed by atoms with Gasteiger partial charge in [0, 0.05) is 19.0 Å². The lowest BCUT2D eigenvalue weighted by molar-refractivity contribution is -0.118. The van der Waals surface area contributed by atoms with Crippen LogP contribution >= 0.6 is 0 Å². The molecule has 2 heterocycles. The SMILES string of the molecule is COc1ccc(N2C(=O)CCc3cc(OCCCN4CCC[C@H]4C)ccc32)cc1C#N. The normalized spacial score (nSPS) is 18.5. The van der Waals surface area contributed by atoms with Crippen LogP contribution in [0.2, 0.25) is 0 Å². The average molecular weight is 420 g/mol. The highest BCUT2D eigenvalue weighted by molar-refractivity contribution is 6.03. The molecule has 6 heteroatoms. The molecule has 0 spiro atoms. The number of nitriles is 1. The summed E-state index contributed by atoms with van der Waals surface area (Å²) in [6.45, 7) is 5.26. The van der Waals surface area contributed by atoms with Crippen LogP contribution in [-0.4, -0.2) is 43.7 Å². The number of carbonyl (C=O) groups is 1. The summed E-state index contributed by atoms with van der Waals surface area (Å²) in [6, 6.07) is 14.0. The molecule has 6 nitrogen and oxygen atoms in total. The van der Waals surface area contributed by atoms with E-state index in [1.54, 1.807) is 17.0 Å². The zero-order valence-electron chi connectivity index (χ0n) is 18.3. The van der Waals surface area contributed by atoms with Crippen molar-refractivity contribution in [3.63, 3.8) is 0 Å². The van der Waals surface area contributed by atoms with Gasteiger partial charge in [0.25, 0.3) is 0 Å². The van der Waals surface area contributed by atoms with Crippen molar-refractivity contribution in [3.8, 4) is 17.6 Å². The van der Waals surface area contributed by atoms with Crippen molar-refractivity contribution in [1.82, 2.24) is 4.90 Å². The van der Waals surface area contributed by atoms with Crippen molar-refractivity contribution in [3.05, 3.63) is 47.5 Å². The lowest BCUT2D eigenvalue weighted by Gasteiger charge is -2.30. The van der Waals surface area contributed by atoms with Gasteiger partial charge in [-0.3, -0.25) is 9.69 Å². The zero-order chi connectivity index (χ0) is 21.8. The van der Waals surface area contributed by atoms with Crippen LogP contribution in [0.15, 0.2) is 36.4 Å². The Morgan fingerprint density at radius 1 is 1.19 bits per heavy atom. The highest BCUT2D eigenvalue weighted by Crippen LogP contribution is 2.37. The lowest BCUT2D eigenvalue weighted by atomic mass is 9.99. The van der Waals surface area contributed by atoms with Gasteiger partial charge in [0.1, 0.15) is 17.6 Å². The number of methoxy groups -OCH3 is 1. The van der Waals surface area contributed by atoms with Gasteiger partial charge >= 0.3 is 0 Å². The molecule has 0 unspecified atom stereocenters. The molecule has 0 aromatic heterocycles. The van der Waals surface area contributed by atoms with Crippen LogP contribution in [0.5, 0.6) is 11.5 Å². The van der Waals surface area contributed by atoms with Crippen molar-refractivity contribution >= 4 is 17.3 Å². The summed E-state index contributed by atoms with van der Waals surface area (Å²) in [6.07, 6.45) is 4.72. The summed E-state index contributed by atoms with van der Waals surface area (Å²) in [4.78, 5) is 17.0. The predicted octanol–water partition coefficient (Wildman–Crippen LogP) is 4.43. The van der Waals surface area contributed by atoms with Gasteiger partial charge in [-0.25, -0.2) is 0 Å². The standard InChI is InChI=1S/C25H29N3O3/c1-18-5-3-12-27(18)13-4-14-31-22-8-9-23-19(16-22)6-11-25(29)28(23)21-7-10-24(30-2)20(15-21)17-26/h7-10,15-16,18H,3-6,11-14H2,1-2H3/t18-/m1/s1. The fourth-order valence-electron chi connectivity index (χ4n) is 4.55. The second-order valence-electron chi connectivity index (χ2n) is 8.25. The zero-order valence-corrected chi connectivity index (χ0v) is 18.3. The Hall–Kier alpha value is -3.04. The highest BCUT2D eigenvalue weighted by atomic mass is 16.5. The molecule has 2 aromatic carbocycles. The summed E-state index contributed by atoms with van der Waals surface area (Å²) in [5.74, 6) is 1.37. The molecule has 0 bridgehead atoms. The number of ether oxygens (including phenoxy) is 2. The number of aryl methyl sites for hydroxylation is 1. The Morgan fingerprint density at radius 3 is 2.81 bits per heavy atom. The van der Waals surface area contributed by atoms with E-state index in [0.717, 1.165) is 30.0 Å². The van der Waals surface area contributed by atoms with Crippen LogP contribution in [0.1, 0.15) is 43.7 Å². The van der Waals surface area contributed by atoms with Gasteiger partial charge in [0.05, 0.1) is 30.7 Å². The van der Waals surface area contributed by atoms with Crippen molar-refractivity contribution in [2.45, 2.75) is 45.1 Å².